The molecule has 1 aromatic carbocycles. The zero-order chi connectivity index (χ0) is 17.1. The zero-order valence-electron chi connectivity index (χ0n) is 15.7. The van der Waals surface area contributed by atoms with Crippen LogP contribution in [-0.2, 0) is 6.54 Å². The molecule has 1 heterocycles. The maximum Gasteiger partial charge on any atom is 0.120 e. The molecule has 2 aromatic rings. The molecule has 0 unspecified atom stereocenters. The Morgan fingerprint density at radius 2 is 1.83 bits per heavy atom. The average molecular weight is 316 g/mol. The van der Waals surface area contributed by atoms with Crippen molar-refractivity contribution >= 4 is 10.9 Å². The van der Waals surface area contributed by atoms with Crippen molar-refractivity contribution in [3.63, 3.8) is 0 Å². The molecule has 1 atom stereocenters. The van der Waals surface area contributed by atoms with Gasteiger partial charge in [0.25, 0.3) is 0 Å². The Hall–Kier alpha value is -1.48. The highest BCUT2D eigenvalue weighted by molar-refractivity contribution is 5.87. The van der Waals surface area contributed by atoms with E-state index in [1.54, 1.807) is 0 Å². The van der Waals surface area contributed by atoms with Crippen LogP contribution in [0, 0.1) is 6.92 Å². The third-order valence-electron chi connectivity index (χ3n) is 4.47. The topological polar surface area (TPSA) is 26.2 Å². The van der Waals surface area contributed by atoms with Gasteiger partial charge < -0.3 is 14.6 Å². The van der Waals surface area contributed by atoms with Crippen LogP contribution in [0.3, 0.4) is 0 Å². The quantitative estimate of drug-likeness (QED) is 0.759. The first-order valence-corrected chi connectivity index (χ1v) is 8.88. The number of benzene rings is 1. The van der Waals surface area contributed by atoms with E-state index in [0.29, 0.717) is 12.1 Å². The second-order valence-electron chi connectivity index (χ2n) is 7.08. The van der Waals surface area contributed by atoms with E-state index < -0.39 is 0 Å². The second kappa shape index (κ2) is 7.39. The SMILES string of the molecule is CC[C@@H](C)Oc1ccc2c(c1)c(CNC(C)C)c(C)n2C(C)C. The Labute approximate surface area is 141 Å². The lowest BCUT2D eigenvalue weighted by atomic mass is 10.1. The summed E-state index contributed by atoms with van der Waals surface area (Å²) in [4.78, 5) is 0. The third kappa shape index (κ3) is 3.89. The van der Waals surface area contributed by atoms with Gasteiger partial charge in [-0.1, -0.05) is 20.8 Å². The van der Waals surface area contributed by atoms with E-state index >= 15 is 0 Å². The van der Waals surface area contributed by atoms with Gasteiger partial charge >= 0.3 is 0 Å². The number of nitrogens with one attached hydrogen (secondary N) is 1. The Morgan fingerprint density at radius 3 is 2.39 bits per heavy atom. The molecule has 23 heavy (non-hydrogen) atoms. The van der Waals surface area contributed by atoms with Crippen LogP contribution in [0.5, 0.6) is 5.75 Å². The van der Waals surface area contributed by atoms with Crippen molar-refractivity contribution in [1.82, 2.24) is 9.88 Å². The van der Waals surface area contributed by atoms with Crippen LogP contribution in [0.15, 0.2) is 18.2 Å². The molecule has 0 spiro atoms. The van der Waals surface area contributed by atoms with E-state index in [-0.39, 0.29) is 6.10 Å². The van der Waals surface area contributed by atoms with Crippen molar-refractivity contribution in [2.24, 2.45) is 0 Å². The highest BCUT2D eigenvalue weighted by atomic mass is 16.5. The molecule has 2 rings (SSSR count). The van der Waals surface area contributed by atoms with Gasteiger partial charge in [-0.2, -0.15) is 0 Å². The minimum Gasteiger partial charge on any atom is -0.491 e. The highest BCUT2D eigenvalue weighted by Crippen LogP contribution is 2.32. The molecule has 0 amide bonds. The molecule has 0 aliphatic heterocycles. The lowest BCUT2D eigenvalue weighted by Crippen LogP contribution is -2.22. The number of nitrogens with zero attached hydrogens (tertiary/aromatic N) is 1. The molecular weight excluding hydrogens is 284 g/mol. The summed E-state index contributed by atoms with van der Waals surface area (Å²) in [5.41, 5.74) is 4.04. The van der Waals surface area contributed by atoms with Crippen molar-refractivity contribution in [2.45, 2.75) is 79.6 Å². The van der Waals surface area contributed by atoms with Crippen molar-refractivity contribution in [3.05, 3.63) is 29.5 Å². The number of aromatic nitrogens is 1. The smallest absolute Gasteiger partial charge is 0.120 e. The van der Waals surface area contributed by atoms with Crippen LogP contribution in [0.1, 0.15) is 65.3 Å². The zero-order valence-corrected chi connectivity index (χ0v) is 15.7. The Bertz CT molecular complexity index is 655. The summed E-state index contributed by atoms with van der Waals surface area (Å²) in [6.45, 7) is 16.3. The summed E-state index contributed by atoms with van der Waals surface area (Å²) >= 11 is 0. The number of fused-ring (bicyclic) bond motifs is 1. The summed E-state index contributed by atoms with van der Waals surface area (Å²) < 4.78 is 8.46. The van der Waals surface area contributed by atoms with E-state index in [1.807, 2.05) is 0 Å². The van der Waals surface area contributed by atoms with Gasteiger partial charge in [-0.3, -0.25) is 0 Å². The Kier molecular flexibility index (Phi) is 5.74. The van der Waals surface area contributed by atoms with E-state index in [4.69, 9.17) is 4.74 Å². The van der Waals surface area contributed by atoms with Crippen molar-refractivity contribution in [3.8, 4) is 5.75 Å². The molecule has 0 radical (unpaired) electrons. The molecule has 0 bridgehead atoms. The van der Waals surface area contributed by atoms with Gasteiger partial charge in [0.2, 0.25) is 0 Å². The molecule has 1 N–H and O–H groups in total. The maximum atomic E-state index is 6.03. The van der Waals surface area contributed by atoms with E-state index in [2.05, 4.69) is 76.5 Å². The molecule has 128 valence electrons. The minimum atomic E-state index is 0.248. The lowest BCUT2D eigenvalue weighted by molar-refractivity contribution is 0.217. The van der Waals surface area contributed by atoms with Gasteiger partial charge in [0.15, 0.2) is 0 Å². The summed E-state index contributed by atoms with van der Waals surface area (Å²) in [5.74, 6) is 0.971. The highest BCUT2D eigenvalue weighted by Gasteiger charge is 2.17. The predicted molar refractivity (Wildman–Crippen MR) is 99.4 cm³/mol. The molecule has 0 aliphatic carbocycles. The van der Waals surface area contributed by atoms with Crippen LogP contribution in [0.2, 0.25) is 0 Å². The lowest BCUT2D eigenvalue weighted by Gasteiger charge is -2.14. The van der Waals surface area contributed by atoms with Gasteiger partial charge in [0, 0.05) is 35.2 Å². The fourth-order valence-corrected chi connectivity index (χ4v) is 3.07. The van der Waals surface area contributed by atoms with Crippen LogP contribution in [0.4, 0.5) is 0 Å². The fourth-order valence-electron chi connectivity index (χ4n) is 3.07. The van der Waals surface area contributed by atoms with Gasteiger partial charge in [-0.15, -0.1) is 0 Å². The van der Waals surface area contributed by atoms with Crippen LogP contribution < -0.4 is 10.1 Å². The van der Waals surface area contributed by atoms with Crippen molar-refractivity contribution in [1.29, 1.82) is 0 Å². The standard InChI is InChI=1S/C20H32N2O/c1-8-15(6)23-17-9-10-20-18(11-17)19(12-21-13(2)3)16(7)22(20)14(4)5/h9-11,13-15,21H,8,12H2,1-7H3/t15-/m1/s1. The number of rotatable bonds is 7. The first kappa shape index (κ1) is 17.9. The van der Waals surface area contributed by atoms with Crippen LogP contribution in [-0.4, -0.2) is 16.7 Å². The van der Waals surface area contributed by atoms with Crippen molar-refractivity contribution < 1.29 is 4.74 Å². The van der Waals surface area contributed by atoms with Gasteiger partial charge in [0.1, 0.15) is 5.75 Å². The third-order valence-corrected chi connectivity index (χ3v) is 4.47. The molecule has 0 saturated carbocycles. The molecular formula is C20H32N2O. The molecule has 0 fully saturated rings. The first-order chi connectivity index (χ1) is 10.8. The molecule has 0 saturated heterocycles. The van der Waals surface area contributed by atoms with E-state index in [9.17, 15) is 0 Å². The largest absolute Gasteiger partial charge is 0.491 e. The number of hydrogen-bond acceptors (Lipinski definition) is 2. The molecule has 1 aromatic heterocycles. The Morgan fingerprint density at radius 1 is 1.13 bits per heavy atom. The maximum absolute atomic E-state index is 6.03. The number of ether oxygens (including phenoxy) is 1. The summed E-state index contributed by atoms with van der Waals surface area (Å²) in [6, 6.07) is 7.45. The van der Waals surface area contributed by atoms with E-state index in [0.717, 1.165) is 18.7 Å². The summed E-state index contributed by atoms with van der Waals surface area (Å²) in [5, 5.41) is 4.87. The minimum absolute atomic E-state index is 0.248. The van der Waals surface area contributed by atoms with Gasteiger partial charge in [0.05, 0.1) is 6.10 Å². The number of hydrogen-bond donors (Lipinski definition) is 1. The summed E-state index contributed by atoms with van der Waals surface area (Å²) in [7, 11) is 0. The predicted octanol–water partition coefficient (Wildman–Crippen LogP) is 5.21. The average Bonchev–Trinajstić information content (AvgIpc) is 2.76. The molecule has 3 heteroatoms. The molecule has 3 nitrogen and oxygen atoms in total. The van der Waals surface area contributed by atoms with Crippen LogP contribution >= 0.6 is 0 Å². The van der Waals surface area contributed by atoms with Crippen molar-refractivity contribution in [2.75, 3.05) is 0 Å². The van der Waals surface area contributed by atoms with Gasteiger partial charge in [-0.05, 0) is 57.9 Å². The molecule has 0 aliphatic rings. The monoisotopic (exact) mass is 316 g/mol. The fraction of sp³-hybridized carbons (Fsp3) is 0.600. The van der Waals surface area contributed by atoms with Gasteiger partial charge in [-0.25, -0.2) is 0 Å². The summed E-state index contributed by atoms with van der Waals surface area (Å²) in [6.07, 6.45) is 1.27. The first-order valence-electron chi connectivity index (χ1n) is 8.88. The second-order valence-corrected chi connectivity index (χ2v) is 7.08. The van der Waals surface area contributed by atoms with Crippen LogP contribution in [0.25, 0.3) is 10.9 Å². The van der Waals surface area contributed by atoms with E-state index in [1.165, 1.54) is 22.2 Å². The Balaban J connectivity index is 2.51. The normalized spacial score (nSPS) is 13.3.